The summed E-state index contributed by atoms with van der Waals surface area (Å²) < 4.78 is 30.7. The second kappa shape index (κ2) is 5.43. The van der Waals surface area contributed by atoms with E-state index in [9.17, 15) is 13.6 Å². The summed E-state index contributed by atoms with van der Waals surface area (Å²) in [5.41, 5.74) is 0.351. The Kier molecular flexibility index (Phi) is 3.70. The topological polar surface area (TPSA) is 51.2 Å². The average Bonchev–Trinajstić information content (AvgIpc) is 2.38. The fourth-order valence-corrected chi connectivity index (χ4v) is 1.47. The van der Waals surface area contributed by atoms with Crippen molar-refractivity contribution in [2.24, 2.45) is 0 Å². The van der Waals surface area contributed by atoms with E-state index in [2.05, 4.69) is 10.3 Å². The Balaban J connectivity index is 2.15. The van der Waals surface area contributed by atoms with Gasteiger partial charge in [-0.1, -0.05) is 0 Å². The lowest BCUT2D eigenvalue weighted by molar-refractivity contribution is 0.102. The van der Waals surface area contributed by atoms with E-state index in [0.717, 1.165) is 12.1 Å². The Labute approximate surface area is 108 Å². The van der Waals surface area contributed by atoms with E-state index in [4.69, 9.17) is 4.74 Å². The average molecular weight is 264 g/mol. The minimum absolute atomic E-state index is 0.138. The molecule has 0 spiro atoms. The summed E-state index contributed by atoms with van der Waals surface area (Å²) in [6, 6.07) is 8.27. The molecule has 0 fully saturated rings. The predicted molar refractivity (Wildman–Crippen MR) is 65.1 cm³/mol. The van der Waals surface area contributed by atoms with Gasteiger partial charge < -0.3 is 10.1 Å². The summed E-state index contributed by atoms with van der Waals surface area (Å²) in [4.78, 5) is 14.7. The van der Waals surface area contributed by atoms with E-state index in [0.29, 0.717) is 11.4 Å². The van der Waals surface area contributed by atoms with Crippen molar-refractivity contribution in [2.75, 3.05) is 12.4 Å². The SMILES string of the molecule is COc1ccc(NC(=O)c2cc(F)nc(F)c2)cc1. The van der Waals surface area contributed by atoms with Crippen LogP contribution in [0.5, 0.6) is 5.75 Å². The molecule has 1 aromatic carbocycles. The third kappa shape index (κ3) is 3.25. The van der Waals surface area contributed by atoms with Crippen molar-refractivity contribution in [3.63, 3.8) is 0 Å². The molecule has 2 rings (SSSR count). The van der Waals surface area contributed by atoms with Gasteiger partial charge in [-0.05, 0) is 24.3 Å². The lowest BCUT2D eigenvalue weighted by Crippen LogP contribution is -2.13. The van der Waals surface area contributed by atoms with Gasteiger partial charge in [0.1, 0.15) is 5.75 Å². The van der Waals surface area contributed by atoms with E-state index in [1.165, 1.54) is 7.11 Å². The fraction of sp³-hybridized carbons (Fsp3) is 0.0769. The quantitative estimate of drug-likeness (QED) is 0.867. The number of halogens is 2. The van der Waals surface area contributed by atoms with Crippen molar-refractivity contribution in [3.8, 4) is 5.75 Å². The smallest absolute Gasteiger partial charge is 0.255 e. The summed E-state index contributed by atoms with van der Waals surface area (Å²) in [5.74, 6) is -2.07. The lowest BCUT2D eigenvalue weighted by atomic mass is 10.2. The van der Waals surface area contributed by atoms with E-state index < -0.39 is 17.8 Å². The number of rotatable bonds is 3. The summed E-state index contributed by atoms with van der Waals surface area (Å²) in [6.07, 6.45) is 0. The van der Waals surface area contributed by atoms with Crippen molar-refractivity contribution in [1.82, 2.24) is 4.98 Å². The van der Waals surface area contributed by atoms with Crippen LogP contribution in [0, 0.1) is 11.9 Å². The molecule has 0 saturated carbocycles. The molecule has 4 nitrogen and oxygen atoms in total. The van der Waals surface area contributed by atoms with Crippen LogP contribution in [-0.2, 0) is 0 Å². The summed E-state index contributed by atoms with van der Waals surface area (Å²) >= 11 is 0. The molecule has 1 N–H and O–H groups in total. The molecule has 0 saturated heterocycles. The number of pyridine rings is 1. The van der Waals surface area contributed by atoms with Gasteiger partial charge in [-0.2, -0.15) is 13.8 Å². The number of aromatic nitrogens is 1. The van der Waals surface area contributed by atoms with E-state index in [-0.39, 0.29) is 5.56 Å². The Hall–Kier alpha value is -2.50. The van der Waals surface area contributed by atoms with Crippen LogP contribution in [0.4, 0.5) is 14.5 Å². The molecule has 1 heterocycles. The maximum atomic E-state index is 12.9. The molecule has 19 heavy (non-hydrogen) atoms. The second-order valence-electron chi connectivity index (χ2n) is 3.68. The number of hydrogen-bond acceptors (Lipinski definition) is 3. The van der Waals surface area contributed by atoms with Gasteiger partial charge in [0.05, 0.1) is 7.11 Å². The van der Waals surface area contributed by atoms with Gasteiger partial charge in [-0.25, -0.2) is 0 Å². The zero-order chi connectivity index (χ0) is 13.8. The second-order valence-corrected chi connectivity index (χ2v) is 3.68. The highest BCUT2D eigenvalue weighted by molar-refractivity contribution is 6.04. The highest BCUT2D eigenvalue weighted by Crippen LogP contribution is 2.16. The van der Waals surface area contributed by atoms with Crippen LogP contribution >= 0.6 is 0 Å². The first-order valence-electron chi connectivity index (χ1n) is 5.37. The first kappa shape index (κ1) is 12.9. The van der Waals surface area contributed by atoms with Crippen molar-refractivity contribution < 1.29 is 18.3 Å². The van der Waals surface area contributed by atoms with Gasteiger partial charge in [-0.15, -0.1) is 0 Å². The number of methoxy groups -OCH3 is 1. The van der Waals surface area contributed by atoms with Gasteiger partial charge in [0.2, 0.25) is 11.9 Å². The molecule has 0 aliphatic rings. The van der Waals surface area contributed by atoms with Gasteiger partial charge in [0, 0.05) is 23.4 Å². The summed E-state index contributed by atoms with van der Waals surface area (Å²) in [6.45, 7) is 0. The summed E-state index contributed by atoms with van der Waals surface area (Å²) in [5, 5.41) is 2.51. The van der Waals surface area contributed by atoms with Crippen LogP contribution < -0.4 is 10.1 Å². The zero-order valence-electron chi connectivity index (χ0n) is 9.98. The fourth-order valence-electron chi connectivity index (χ4n) is 1.47. The standard InChI is InChI=1S/C13H10F2N2O2/c1-19-10-4-2-9(3-5-10)16-13(18)8-6-11(14)17-12(15)7-8/h2-7H,1H3,(H,16,18). The van der Waals surface area contributed by atoms with Crippen LogP contribution in [0.1, 0.15) is 10.4 Å². The molecular formula is C13H10F2N2O2. The molecular weight excluding hydrogens is 254 g/mol. The third-order valence-electron chi connectivity index (χ3n) is 2.37. The molecule has 0 radical (unpaired) electrons. The minimum atomic E-state index is -1.04. The number of benzene rings is 1. The summed E-state index contributed by atoms with van der Waals surface area (Å²) in [7, 11) is 1.52. The number of nitrogens with one attached hydrogen (secondary N) is 1. The van der Waals surface area contributed by atoms with Crippen molar-refractivity contribution in [1.29, 1.82) is 0 Å². The van der Waals surface area contributed by atoms with Gasteiger partial charge >= 0.3 is 0 Å². The monoisotopic (exact) mass is 264 g/mol. The lowest BCUT2D eigenvalue weighted by Gasteiger charge is -2.06. The predicted octanol–water partition coefficient (Wildman–Crippen LogP) is 2.62. The van der Waals surface area contributed by atoms with Crippen molar-refractivity contribution >= 4 is 11.6 Å². The maximum absolute atomic E-state index is 12.9. The number of ether oxygens (including phenoxy) is 1. The van der Waals surface area contributed by atoms with E-state index in [1.54, 1.807) is 24.3 Å². The zero-order valence-corrected chi connectivity index (χ0v) is 9.98. The van der Waals surface area contributed by atoms with Crippen LogP contribution in [0.15, 0.2) is 36.4 Å². The minimum Gasteiger partial charge on any atom is -0.497 e. The highest BCUT2D eigenvalue weighted by Gasteiger charge is 2.10. The van der Waals surface area contributed by atoms with Crippen molar-refractivity contribution in [2.45, 2.75) is 0 Å². The number of nitrogens with zero attached hydrogens (tertiary/aromatic N) is 1. The molecule has 0 unspecified atom stereocenters. The van der Waals surface area contributed by atoms with Crippen molar-refractivity contribution in [3.05, 3.63) is 53.9 Å². The normalized spacial score (nSPS) is 10.1. The first-order chi connectivity index (χ1) is 9.08. The Bertz CT molecular complexity index is 580. The van der Waals surface area contributed by atoms with Crippen LogP contribution in [0.25, 0.3) is 0 Å². The number of amides is 1. The molecule has 1 aromatic heterocycles. The largest absolute Gasteiger partial charge is 0.497 e. The Morgan fingerprint density at radius 2 is 1.74 bits per heavy atom. The van der Waals surface area contributed by atoms with Gasteiger partial charge in [-0.3, -0.25) is 4.79 Å². The molecule has 2 aromatic rings. The molecule has 0 aliphatic carbocycles. The maximum Gasteiger partial charge on any atom is 0.255 e. The molecule has 6 heteroatoms. The molecule has 0 aliphatic heterocycles. The molecule has 0 atom stereocenters. The number of carbonyl (C=O) groups excluding carboxylic acids is 1. The Morgan fingerprint density at radius 3 is 2.26 bits per heavy atom. The molecule has 0 bridgehead atoms. The number of hydrogen-bond donors (Lipinski definition) is 1. The van der Waals surface area contributed by atoms with Crippen LogP contribution in [0.2, 0.25) is 0 Å². The van der Waals surface area contributed by atoms with Gasteiger partial charge in [0.15, 0.2) is 0 Å². The number of carbonyl (C=O) groups is 1. The van der Waals surface area contributed by atoms with Crippen LogP contribution in [0.3, 0.4) is 0 Å². The highest BCUT2D eigenvalue weighted by atomic mass is 19.1. The number of anilines is 1. The molecule has 98 valence electrons. The van der Waals surface area contributed by atoms with Crippen LogP contribution in [-0.4, -0.2) is 18.0 Å². The Morgan fingerprint density at radius 1 is 1.16 bits per heavy atom. The first-order valence-corrected chi connectivity index (χ1v) is 5.37. The molecule has 1 amide bonds. The van der Waals surface area contributed by atoms with E-state index >= 15 is 0 Å². The van der Waals surface area contributed by atoms with E-state index in [1.807, 2.05) is 0 Å². The van der Waals surface area contributed by atoms with Gasteiger partial charge in [0.25, 0.3) is 5.91 Å². The third-order valence-corrected chi connectivity index (χ3v) is 2.37.